The topological polar surface area (TPSA) is 0 Å². The molecule has 4 aromatic carbocycles. The molecule has 0 radical (unpaired) electrons. The summed E-state index contributed by atoms with van der Waals surface area (Å²) in [6.45, 7) is 0. The summed E-state index contributed by atoms with van der Waals surface area (Å²) in [5.74, 6) is 0. The molecule has 2 heteroatoms. The number of benzene rings is 4. The summed E-state index contributed by atoms with van der Waals surface area (Å²) in [5, 5.41) is 0. The van der Waals surface area contributed by atoms with Gasteiger partial charge in [-0.05, 0) is 70.5 Å². The minimum absolute atomic E-state index is 0.0746. The van der Waals surface area contributed by atoms with Gasteiger partial charge in [-0.2, -0.15) is 0 Å². The molecule has 0 atom stereocenters. The molecule has 0 aromatic heterocycles. The maximum Gasteiger partial charge on any atom is 0.0295 e. The third-order valence-corrected chi connectivity index (χ3v) is 7.07. The first kappa shape index (κ1) is 18.8. The zero-order chi connectivity index (χ0) is 19.8. The van der Waals surface area contributed by atoms with Gasteiger partial charge in [0.25, 0.3) is 0 Å². The monoisotopic (exact) mass is 502 g/mol. The van der Waals surface area contributed by atoms with Crippen LogP contribution in [0.25, 0.3) is 11.1 Å². The fraction of sp³-hybridized carbons (Fsp3) is 0.111. The number of hydrogen-bond acceptors (Lipinski definition) is 0. The molecule has 0 bridgehead atoms. The van der Waals surface area contributed by atoms with Crippen molar-refractivity contribution in [3.05, 3.63) is 128 Å². The van der Waals surface area contributed by atoms with E-state index in [0.29, 0.717) is 0 Å². The van der Waals surface area contributed by atoms with E-state index in [1.54, 1.807) is 0 Å². The molecule has 0 heterocycles. The Morgan fingerprint density at radius 3 is 1.28 bits per heavy atom. The van der Waals surface area contributed by atoms with Gasteiger partial charge in [0.2, 0.25) is 0 Å². The van der Waals surface area contributed by atoms with Crippen LogP contribution in [-0.4, -0.2) is 0 Å². The molecule has 0 saturated carbocycles. The van der Waals surface area contributed by atoms with E-state index in [4.69, 9.17) is 0 Å². The van der Waals surface area contributed by atoms with Crippen molar-refractivity contribution in [2.24, 2.45) is 0 Å². The highest BCUT2D eigenvalue weighted by molar-refractivity contribution is 9.10. The van der Waals surface area contributed by atoms with E-state index in [1.165, 1.54) is 33.4 Å². The first-order valence-corrected chi connectivity index (χ1v) is 11.4. The average Bonchev–Trinajstić information content (AvgIpc) is 3.02. The molecule has 4 aromatic rings. The predicted octanol–water partition coefficient (Wildman–Crippen LogP) is 7.96. The zero-order valence-electron chi connectivity index (χ0n) is 15.9. The van der Waals surface area contributed by atoms with Gasteiger partial charge < -0.3 is 0 Å². The van der Waals surface area contributed by atoms with Crippen molar-refractivity contribution in [2.45, 2.75) is 18.3 Å². The second kappa shape index (κ2) is 7.59. The molecule has 142 valence electrons. The number of halogens is 2. The highest BCUT2D eigenvalue weighted by Gasteiger charge is 2.42. The summed E-state index contributed by atoms with van der Waals surface area (Å²) in [6.07, 6.45) is 1.95. The van der Waals surface area contributed by atoms with Gasteiger partial charge in [-0.25, -0.2) is 0 Å². The Balaban J connectivity index is 1.71. The van der Waals surface area contributed by atoms with Crippen LogP contribution in [0.1, 0.15) is 22.3 Å². The second-order valence-electron chi connectivity index (χ2n) is 7.78. The fourth-order valence-corrected chi connectivity index (χ4v) is 5.29. The van der Waals surface area contributed by atoms with E-state index >= 15 is 0 Å². The van der Waals surface area contributed by atoms with Crippen molar-refractivity contribution < 1.29 is 0 Å². The van der Waals surface area contributed by atoms with Crippen molar-refractivity contribution in [3.63, 3.8) is 0 Å². The van der Waals surface area contributed by atoms with Crippen LogP contribution in [0.5, 0.6) is 0 Å². The Labute approximate surface area is 188 Å². The smallest absolute Gasteiger partial charge is 0.0295 e. The van der Waals surface area contributed by atoms with Gasteiger partial charge in [0.15, 0.2) is 0 Å². The van der Waals surface area contributed by atoms with E-state index in [0.717, 1.165) is 21.8 Å². The normalized spacial score (nSPS) is 13.7. The van der Waals surface area contributed by atoms with Gasteiger partial charge in [0.1, 0.15) is 0 Å². The molecular formula is C27H20Br2. The molecule has 29 heavy (non-hydrogen) atoms. The zero-order valence-corrected chi connectivity index (χ0v) is 19.1. The Morgan fingerprint density at radius 1 is 0.483 bits per heavy atom. The second-order valence-corrected chi connectivity index (χ2v) is 9.61. The number of fused-ring (bicyclic) bond motifs is 3. The molecule has 0 nitrogen and oxygen atoms in total. The third-order valence-electron chi connectivity index (χ3n) is 6.01. The molecule has 0 unspecified atom stereocenters. The van der Waals surface area contributed by atoms with E-state index in [9.17, 15) is 0 Å². The van der Waals surface area contributed by atoms with Crippen LogP contribution in [0.15, 0.2) is 106 Å². The van der Waals surface area contributed by atoms with Gasteiger partial charge in [-0.15, -0.1) is 0 Å². The van der Waals surface area contributed by atoms with Crippen LogP contribution < -0.4 is 0 Å². The van der Waals surface area contributed by atoms with E-state index in [-0.39, 0.29) is 5.41 Å². The molecule has 5 rings (SSSR count). The minimum Gasteiger partial charge on any atom is -0.0619 e. The van der Waals surface area contributed by atoms with E-state index < -0.39 is 0 Å². The van der Waals surface area contributed by atoms with Crippen molar-refractivity contribution >= 4 is 31.9 Å². The van der Waals surface area contributed by atoms with Crippen LogP contribution in [0, 0.1) is 0 Å². The molecule has 0 saturated heterocycles. The summed E-state index contributed by atoms with van der Waals surface area (Å²) in [6, 6.07) is 35.5. The summed E-state index contributed by atoms with van der Waals surface area (Å²) in [4.78, 5) is 0. The molecule has 0 aliphatic heterocycles. The number of rotatable bonds is 4. The highest BCUT2D eigenvalue weighted by atomic mass is 79.9. The molecule has 0 spiro atoms. The maximum atomic E-state index is 3.58. The van der Waals surface area contributed by atoms with Crippen LogP contribution in [0.2, 0.25) is 0 Å². The van der Waals surface area contributed by atoms with Gasteiger partial charge in [-0.3, -0.25) is 0 Å². The van der Waals surface area contributed by atoms with Crippen LogP contribution >= 0.6 is 31.9 Å². The van der Waals surface area contributed by atoms with Crippen LogP contribution in [-0.2, 0) is 18.3 Å². The summed E-state index contributed by atoms with van der Waals surface area (Å²) in [5.41, 5.74) is 8.26. The standard InChI is InChI=1S/C27H20Br2/c28-21-13-9-19(10-14-21)17-27(18-20-11-15-22(29)16-12-20)25-7-3-1-5-23(25)24-6-2-4-8-26(24)27/h1-16H,17-18H2. The SMILES string of the molecule is Brc1ccc(CC2(Cc3ccc(Br)cc3)c3ccccc3-c3ccccc32)cc1. The lowest BCUT2D eigenvalue weighted by Gasteiger charge is -2.33. The minimum atomic E-state index is -0.0746. The van der Waals surface area contributed by atoms with Crippen LogP contribution in [0.4, 0.5) is 0 Å². The maximum absolute atomic E-state index is 3.58. The molecule has 0 N–H and O–H groups in total. The molecule has 0 amide bonds. The lowest BCUT2D eigenvalue weighted by molar-refractivity contribution is 0.520. The summed E-state index contributed by atoms with van der Waals surface area (Å²) < 4.78 is 2.24. The average molecular weight is 504 g/mol. The predicted molar refractivity (Wildman–Crippen MR) is 128 cm³/mol. The fourth-order valence-electron chi connectivity index (χ4n) is 4.76. The third kappa shape index (κ3) is 3.39. The summed E-state index contributed by atoms with van der Waals surface area (Å²) >= 11 is 7.16. The Morgan fingerprint density at radius 2 is 0.862 bits per heavy atom. The molecule has 1 aliphatic rings. The van der Waals surface area contributed by atoms with Gasteiger partial charge in [-0.1, -0.05) is 105 Å². The van der Waals surface area contributed by atoms with Gasteiger partial charge >= 0.3 is 0 Å². The largest absolute Gasteiger partial charge is 0.0619 e. The van der Waals surface area contributed by atoms with E-state index in [1.807, 2.05) is 0 Å². The van der Waals surface area contributed by atoms with E-state index in [2.05, 4.69) is 129 Å². The van der Waals surface area contributed by atoms with Crippen molar-refractivity contribution in [1.29, 1.82) is 0 Å². The van der Waals surface area contributed by atoms with Crippen LogP contribution in [0.3, 0.4) is 0 Å². The molecule has 1 aliphatic carbocycles. The van der Waals surface area contributed by atoms with Crippen molar-refractivity contribution in [2.75, 3.05) is 0 Å². The summed E-state index contributed by atoms with van der Waals surface area (Å²) in [7, 11) is 0. The Hall–Kier alpha value is -2.16. The number of hydrogen-bond donors (Lipinski definition) is 0. The van der Waals surface area contributed by atoms with Gasteiger partial charge in [0.05, 0.1) is 0 Å². The lowest BCUT2D eigenvalue weighted by atomic mass is 9.69. The Bertz CT molecular complexity index is 1060. The highest BCUT2D eigenvalue weighted by Crippen LogP contribution is 2.52. The first-order chi connectivity index (χ1) is 14.2. The lowest BCUT2D eigenvalue weighted by Crippen LogP contribution is -2.31. The quantitative estimate of drug-likeness (QED) is 0.265. The molecule has 0 fully saturated rings. The van der Waals surface area contributed by atoms with Gasteiger partial charge in [0, 0.05) is 14.4 Å². The molecular weight excluding hydrogens is 484 g/mol. The van der Waals surface area contributed by atoms with Crippen molar-refractivity contribution in [1.82, 2.24) is 0 Å². The Kier molecular flexibility index (Phi) is 4.93. The first-order valence-electron chi connectivity index (χ1n) is 9.84. The van der Waals surface area contributed by atoms with Crippen molar-refractivity contribution in [3.8, 4) is 11.1 Å².